The Balaban J connectivity index is 2.51. The highest BCUT2D eigenvalue weighted by Gasteiger charge is 2.15. The van der Waals surface area contributed by atoms with E-state index in [0.29, 0.717) is 17.2 Å². The van der Waals surface area contributed by atoms with Gasteiger partial charge in [-0.1, -0.05) is 6.92 Å². The molecule has 0 atom stereocenters. The number of rotatable bonds is 3. The summed E-state index contributed by atoms with van der Waals surface area (Å²) < 4.78 is 27.8. The number of nitrogens with two attached hydrogens (primary N) is 1. The van der Waals surface area contributed by atoms with Gasteiger partial charge in [0.25, 0.3) is 0 Å². The van der Waals surface area contributed by atoms with Gasteiger partial charge in [-0.05, 0) is 12.5 Å². The highest BCUT2D eigenvalue weighted by molar-refractivity contribution is 5.71. The summed E-state index contributed by atoms with van der Waals surface area (Å²) in [5.74, 6) is -0.805. The van der Waals surface area contributed by atoms with Gasteiger partial charge in [-0.15, -0.1) is 0 Å². The Morgan fingerprint density at radius 2 is 1.94 bits per heavy atom. The average Bonchev–Trinajstić information content (AvgIpc) is 2.65. The van der Waals surface area contributed by atoms with Crippen molar-refractivity contribution in [2.24, 2.45) is 7.05 Å². The summed E-state index contributed by atoms with van der Waals surface area (Å²) in [6.45, 7) is 2.02. The maximum Gasteiger partial charge on any atom is 0.160 e. The van der Waals surface area contributed by atoms with Crippen molar-refractivity contribution in [2.45, 2.75) is 19.8 Å². The van der Waals surface area contributed by atoms with E-state index in [1.165, 1.54) is 4.68 Å². The second kappa shape index (κ2) is 4.72. The number of benzene rings is 1. The molecule has 0 amide bonds. The maximum atomic E-state index is 13.2. The number of hydrogen-bond acceptors (Lipinski definition) is 3. The molecule has 0 saturated carbocycles. The lowest BCUT2D eigenvalue weighted by atomic mass is 10.1. The molecule has 0 aliphatic carbocycles. The zero-order valence-electron chi connectivity index (χ0n) is 10.2. The molecule has 0 radical (unpaired) electrons. The fraction of sp³-hybridized carbons (Fsp3) is 0.333. The van der Waals surface area contributed by atoms with Crippen LogP contribution in [0, 0.1) is 11.6 Å². The van der Waals surface area contributed by atoms with Crippen LogP contribution in [0.25, 0.3) is 11.4 Å². The third-order valence-electron chi connectivity index (χ3n) is 2.61. The minimum Gasteiger partial charge on any atom is -0.398 e. The second-order valence-electron chi connectivity index (χ2n) is 4.08. The van der Waals surface area contributed by atoms with Crippen molar-refractivity contribution >= 4 is 5.69 Å². The van der Waals surface area contributed by atoms with E-state index in [1.807, 2.05) is 6.92 Å². The van der Waals surface area contributed by atoms with E-state index in [4.69, 9.17) is 5.73 Å². The minimum absolute atomic E-state index is 0.146. The van der Waals surface area contributed by atoms with Crippen molar-refractivity contribution in [3.63, 3.8) is 0 Å². The average molecular weight is 252 g/mol. The molecule has 0 aliphatic heterocycles. The predicted octanol–water partition coefficient (Wildman–Crippen LogP) is 2.29. The fourth-order valence-corrected chi connectivity index (χ4v) is 1.76. The predicted molar refractivity (Wildman–Crippen MR) is 64.8 cm³/mol. The Labute approximate surface area is 103 Å². The van der Waals surface area contributed by atoms with E-state index >= 15 is 0 Å². The molecule has 2 aromatic rings. The largest absolute Gasteiger partial charge is 0.398 e. The van der Waals surface area contributed by atoms with Gasteiger partial charge in [0.2, 0.25) is 0 Å². The van der Waals surface area contributed by atoms with Crippen molar-refractivity contribution in [1.82, 2.24) is 14.8 Å². The topological polar surface area (TPSA) is 56.7 Å². The van der Waals surface area contributed by atoms with E-state index in [1.54, 1.807) is 7.05 Å². The molecule has 0 unspecified atom stereocenters. The van der Waals surface area contributed by atoms with Crippen LogP contribution in [0.5, 0.6) is 0 Å². The van der Waals surface area contributed by atoms with E-state index in [-0.39, 0.29) is 5.69 Å². The minimum atomic E-state index is -0.966. The number of nitrogens with zero attached hydrogens (tertiary/aromatic N) is 3. The molecule has 4 nitrogen and oxygen atoms in total. The quantitative estimate of drug-likeness (QED) is 0.853. The fourth-order valence-electron chi connectivity index (χ4n) is 1.76. The van der Waals surface area contributed by atoms with Crippen molar-refractivity contribution in [2.75, 3.05) is 5.73 Å². The van der Waals surface area contributed by atoms with Crippen molar-refractivity contribution in [3.8, 4) is 11.4 Å². The summed E-state index contributed by atoms with van der Waals surface area (Å²) in [5.41, 5.74) is 6.19. The number of aromatic nitrogens is 3. The number of hydrogen-bond donors (Lipinski definition) is 1. The molecule has 2 N–H and O–H groups in total. The Kier molecular flexibility index (Phi) is 3.27. The highest BCUT2D eigenvalue weighted by Crippen LogP contribution is 2.26. The third kappa shape index (κ3) is 2.18. The first-order valence-corrected chi connectivity index (χ1v) is 5.67. The molecular formula is C12H14F2N4. The molecule has 96 valence electrons. The summed E-state index contributed by atoms with van der Waals surface area (Å²) in [6.07, 6.45) is 1.65. The van der Waals surface area contributed by atoms with Gasteiger partial charge in [-0.25, -0.2) is 18.4 Å². The van der Waals surface area contributed by atoms with Crippen molar-refractivity contribution < 1.29 is 8.78 Å². The van der Waals surface area contributed by atoms with Gasteiger partial charge in [0, 0.05) is 30.8 Å². The van der Waals surface area contributed by atoms with Gasteiger partial charge in [0.1, 0.15) is 0 Å². The van der Waals surface area contributed by atoms with E-state index in [9.17, 15) is 8.78 Å². The van der Waals surface area contributed by atoms with Gasteiger partial charge in [-0.2, -0.15) is 5.10 Å². The molecule has 18 heavy (non-hydrogen) atoms. The zero-order chi connectivity index (χ0) is 13.3. The van der Waals surface area contributed by atoms with Gasteiger partial charge >= 0.3 is 0 Å². The lowest BCUT2D eigenvalue weighted by molar-refractivity contribution is 0.509. The number of nitrogen functional groups attached to an aromatic ring is 1. The zero-order valence-corrected chi connectivity index (χ0v) is 10.2. The molecule has 0 fully saturated rings. The normalized spacial score (nSPS) is 10.9. The van der Waals surface area contributed by atoms with Crippen LogP contribution >= 0.6 is 0 Å². The summed E-state index contributed by atoms with van der Waals surface area (Å²) in [7, 11) is 1.70. The van der Waals surface area contributed by atoms with E-state index < -0.39 is 11.6 Å². The van der Waals surface area contributed by atoms with Crippen LogP contribution in [0.2, 0.25) is 0 Å². The molecule has 1 heterocycles. The van der Waals surface area contributed by atoms with E-state index in [0.717, 1.165) is 25.0 Å². The standard InChI is InChI=1S/C12H14F2N4/c1-3-4-11-16-12(18(2)17-11)7-5-8(13)9(14)6-10(7)15/h5-6H,3-4,15H2,1-2H3. The summed E-state index contributed by atoms with van der Waals surface area (Å²) in [4.78, 5) is 4.28. The lowest BCUT2D eigenvalue weighted by Gasteiger charge is -2.05. The molecule has 1 aromatic heterocycles. The summed E-state index contributed by atoms with van der Waals surface area (Å²) in [6, 6.07) is 2.00. The van der Waals surface area contributed by atoms with Crippen LogP contribution in [0.1, 0.15) is 19.2 Å². The molecule has 0 aliphatic rings. The molecule has 0 saturated heterocycles. The second-order valence-corrected chi connectivity index (χ2v) is 4.08. The van der Waals surface area contributed by atoms with Crippen LogP contribution < -0.4 is 5.73 Å². The Hall–Kier alpha value is -1.98. The molecule has 1 aromatic carbocycles. The van der Waals surface area contributed by atoms with Crippen molar-refractivity contribution in [1.29, 1.82) is 0 Å². The SMILES string of the molecule is CCCc1nc(-c2cc(F)c(F)cc2N)n(C)n1. The molecule has 0 spiro atoms. The van der Waals surface area contributed by atoms with Crippen LogP contribution in [-0.4, -0.2) is 14.8 Å². The Morgan fingerprint density at radius 3 is 2.61 bits per heavy atom. The molecule has 0 bridgehead atoms. The lowest BCUT2D eigenvalue weighted by Crippen LogP contribution is -2.00. The molecular weight excluding hydrogens is 238 g/mol. The number of halogens is 2. The van der Waals surface area contributed by atoms with Gasteiger partial charge < -0.3 is 5.73 Å². The van der Waals surface area contributed by atoms with Crippen LogP contribution in [-0.2, 0) is 13.5 Å². The smallest absolute Gasteiger partial charge is 0.160 e. The van der Waals surface area contributed by atoms with Crippen LogP contribution in [0.15, 0.2) is 12.1 Å². The number of anilines is 1. The van der Waals surface area contributed by atoms with Gasteiger partial charge in [0.05, 0.1) is 0 Å². The first-order chi connectivity index (χ1) is 8.52. The maximum absolute atomic E-state index is 13.2. The Bertz CT molecular complexity index is 578. The summed E-state index contributed by atoms with van der Waals surface area (Å²) >= 11 is 0. The summed E-state index contributed by atoms with van der Waals surface area (Å²) in [5, 5.41) is 4.20. The first kappa shape index (κ1) is 12.5. The van der Waals surface area contributed by atoms with Crippen LogP contribution in [0.3, 0.4) is 0 Å². The van der Waals surface area contributed by atoms with Crippen molar-refractivity contribution in [3.05, 3.63) is 29.6 Å². The highest BCUT2D eigenvalue weighted by atomic mass is 19.2. The molecule has 2 rings (SSSR count). The first-order valence-electron chi connectivity index (χ1n) is 5.67. The Morgan fingerprint density at radius 1 is 1.28 bits per heavy atom. The van der Waals surface area contributed by atoms with E-state index in [2.05, 4.69) is 10.1 Å². The van der Waals surface area contributed by atoms with Gasteiger partial charge in [-0.3, -0.25) is 0 Å². The van der Waals surface area contributed by atoms with Gasteiger partial charge in [0.15, 0.2) is 23.3 Å². The number of aryl methyl sites for hydroxylation is 2. The monoisotopic (exact) mass is 252 g/mol. The van der Waals surface area contributed by atoms with Crippen LogP contribution in [0.4, 0.5) is 14.5 Å². The molecule has 6 heteroatoms. The third-order valence-corrected chi connectivity index (χ3v) is 2.61.